The topological polar surface area (TPSA) is 59.2 Å². The zero-order chi connectivity index (χ0) is 18.0. The van der Waals surface area contributed by atoms with Crippen molar-refractivity contribution in [3.8, 4) is 0 Å². The molecule has 2 heterocycles. The molecule has 0 radical (unpaired) electrons. The van der Waals surface area contributed by atoms with Crippen LogP contribution in [0, 0.1) is 13.8 Å². The molecule has 0 aliphatic carbocycles. The third kappa shape index (κ3) is 3.51. The molecule has 0 saturated carbocycles. The van der Waals surface area contributed by atoms with E-state index in [0.717, 1.165) is 34.3 Å². The molecule has 25 heavy (non-hydrogen) atoms. The van der Waals surface area contributed by atoms with Gasteiger partial charge in [0.25, 0.3) is 0 Å². The predicted octanol–water partition coefficient (Wildman–Crippen LogP) is 4.84. The standard InChI is InChI=1S/C20H21NO3S/c1-4-7-14-10-18(25-13(14)3)20(23)24-11-17(22)19-12(2)21-16-9-6-5-8-15(16)19/h5-6,8-10,21H,4,7,11H2,1-3H3. The first kappa shape index (κ1) is 17.4. The zero-order valence-corrected chi connectivity index (χ0v) is 15.5. The Hall–Kier alpha value is -2.40. The van der Waals surface area contributed by atoms with Gasteiger partial charge in [-0.1, -0.05) is 31.5 Å². The largest absolute Gasteiger partial charge is 0.453 e. The lowest BCUT2D eigenvalue weighted by Gasteiger charge is -2.03. The first-order valence-corrected chi connectivity index (χ1v) is 9.19. The van der Waals surface area contributed by atoms with Gasteiger partial charge in [-0.15, -0.1) is 11.3 Å². The number of Topliss-reactive ketones (excluding diaryl/α,β-unsaturated/α-hetero) is 1. The van der Waals surface area contributed by atoms with Gasteiger partial charge < -0.3 is 9.72 Å². The van der Waals surface area contributed by atoms with Gasteiger partial charge >= 0.3 is 5.97 Å². The van der Waals surface area contributed by atoms with Crippen molar-refractivity contribution < 1.29 is 14.3 Å². The molecule has 4 nitrogen and oxygen atoms in total. The molecule has 0 unspecified atom stereocenters. The van der Waals surface area contributed by atoms with Crippen LogP contribution in [0.2, 0.25) is 0 Å². The Kier molecular flexibility index (Phi) is 5.04. The summed E-state index contributed by atoms with van der Waals surface area (Å²) in [6, 6.07) is 9.51. The average molecular weight is 355 g/mol. The van der Waals surface area contributed by atoms with E-state index in [1.807, 2.05) is 44.2 Å². The second-order valence-electron chi connectivity index (χ2n) is 6.11. The summed E-state index contributed by atoms with van der Waals surface area (Å²) in [5.41, 5.74) is 3.47. The normalized spacial score (nSPS) is 11.0. The number of aryl methyl sites for hydroxylation is 3. The van der Waals surface area contributed by atoms with Crippen molar-refractivity contribution >= 4 is 34.0 Å². The summed E-state index contributed by atoms with van der Waals surface area (Å²) in [7, 11) is 0. The predicted molar refractivity (Wildman–Crippen MR) is 101 cm³/mol. The lowest BCUT2D eigenvalue weighted by Crippen LogP contribution is -2.14. The van der Waals surface area contributed by atoms with E-state index in [1.165, 1.54) is 16.9 Å². The van der Waals surface area contributed by atoms with Crippen molar-refractivity contribution in [1.29, 1.82) is 0 Å². The molecule has 0 aliphatic rings. The summed E-state index contributed by atoms with van der Waals surface area (Å²) in [5.74, 6) is -0.619. The Balaban J connectivity index is 1.72. The number of benzene rings is 1. The van der Waals surface area contributed by atoms with Gasteiger partial charge in [0.15, 0.2) is 6.61 Å². The minimum Gasteiger partial charge on any atom is -0.453 e. The molecule has 3 aromatic rings. The van der Waals surface area contributed by atoms with Crippen molar-refractivity contribution in [2.75, 3.05) is 6.61 Å². The highest BCUT2D eigenvalue weighted by Gasteiger charge is 2.19. The van der Waals surface area contributed by atoms with E-state index < -0.39 is 5.97 Å². The number of thiophene rings is 1. The van der Waals surface area contributed by atoms with E-state index >= 15 is 0 Å². The van der Waals surface area contributed by atoms with Crippen molar-refractivity contribution in [3.05, 3.63) is 56.9 Å². The highest BCUT2D eigenvalue weighted by Crippen LogP contribution is 2.25. The molecule has 0 aliphatic heterocycles. The van der Waals surface area contributed by atoms with E-state index in [1.54, 1.807) is 0 Å². The van der Waals surface area contributed by atoms with Crippen LogP contribution >= 0.6 is 11.3 Å². The summed E-state index contributed by atoms with van der Waals surface area (Å²) in [6.45, 7) is 5.72. The Morgan fingerprint density at radius 3 is 2.72 bits per heavy atom. The summed E-state index contributed by atoms with van der Waals surface area (Å²) in [6.07, 6.45) is 1.98. The van der Waals surface area contributed by atoms with Gasteiger partial charge in [-0.25, -0.2) is 4.79 Å². The number of aromatic nitrogens is 1. The maximum absolute atomic E-state index is 12.6. The number of H-pyrrole nitrogens is 1. The van der Waals surface area contributed by atoms with E-state index in [-0.39, 0.29) is 12.4 Å². The second kappa shape index (κ2) is 7.23. The SMILES string of the molecule is CCCc1cc(C(=O)OCC(=O)c2c(C)[nH]c3ccccc23)sc1C. The number of aromatic amines is 1. The number of ether oxygens (including phenoxy) is 1. The molecule has 5 heteroatoms. The summed E-state index contributed by atoms with van der Waals surface area (Å²) < 4.78 is 5.27. The van der Waals surface area contributed by atoms with Crippen LogP contribution in [-0.4, -0.2) is 23.3 Å². The van der Waals surface area contributed by atoms with E-state index in [9.17, 15) is 9.59 Å². The van der Waals surface area contributed by atoms with Gasteiger partial charge in [0, 0.05) is 27.0 Å². The Labute approximate surface area is 150 Å². The average Bonchev–Trinajstić information content (AvgIpc) is 3.12. The van der Waals surface area contributed by atoms with Crippen molar-refractivity contribution in [1.82, 2.24) is 4.98 Å². The number of nitrogens with one attached hydrogen (secondary N) is 1. The van der Waals surface area contributed by atoms with Gasteiger partial charge in [-0.05, 0) is 38.0 Å². The van der Waals surface area contributed by atoms with Crippen LogP contribution in [0.3, 0.4) is 0 Å². The molecule has 0 bridgehead atoms. The molecule has 130 valence electrons. The van der Waals surface area contributed by atoms with Gasteiger partial charge in [-0.2, -0.15) is 0 Å². The number of fused-ring (bicyclic) bond motifs is 1. The third-order valence-electron chi connectivity index (χ3n) is 4.25. The summed E-state index contributed by atoms with van der Waals surface area (Å²) in [5, 5.41) is 0.859. The molecule has 0 atom stereocenters. The van der Waals surface area contributed by atoms with Gasteiger partial charge in [0.05, 0.1) is 0 Å². The first-order chi connectivity index (χ1) is 12.0. The first-order valence-electron chi connectivity index (χ1n) is 8.38. The van der Waals surface area contributed by atoms with E-state index in [0.29, 0.717) is 10.4 Å². The molecule has 1 aromatic carbocycles. The minimum atomic E-state index is -0.429. The van der Waals surface area contributed by atoms with Crippen molar-refractivity contribution in [2.24, 2.45) is 0 Å². The molecule has 0 saturated heterocycles. The monoisotopic (exact) mass is 355 g/mol. The molecule has 2 aromatic heterocycles. The maximum Gasteiger partial charge on any atom is 0.348 e. The molecule has 0 fully saturated rings. The van der Waals surface area contributed by atoms with Crippen LogP contribution in [0.5, 0.6) is 0 Å². The smallest absolute Gasteiger partial charge is 0.348 e. The minimum absolute atomic E-state index is 0.189. The fourth-order valence-corrected chi connectivity index (χ4v) is 4.01. The van der Waals surface area contributed by atoms with E-state index in [2.05, 4.69) is 11.9 Å². The van der Waals surface area contributed by atoms with Crippen LogP contribution in [0.25, 0.3) is 10.9 Å². The number of carbonyl (C=O) groups is 2. The van der Waals surface area contributed by atoms with Crippen molar-refractivity contribution in [2.45, 2.75) is 33.6 Å². The van der Waals surface area contributed by atoms with Crippen LogP contribution < -0.4 is 0 Å². The van der Waals surface area contributed by atoms with Crippen LogP contribution in [0.15, 0.2) is 30.3 Å². The van der Waals surface area contributed by atoms with Crippen LogP contribution in [0.1, 0.15) is 49.5 Å². The van der Waals surface area contributed by atoms with Gasteiger partial charge in [0.1, 0.15) is 4.88 Å². The number of hydrogen-bond donors (Lipinski definition) is 1. The highest BCUT2D eigenvalue weighted by molar-refractivity contribution is 7.14. The molecule has 0 amide bonds. The number of rotatable bonds is 6. The highest BCUT2D eigenvalue weighted by atomic mass is 32.1. The molecular formula is C20H21NO3S. The fourth-order valence-electron chi connectivity index (χ4n) is 3.05. The number of carbonyl (C=O) groups excluding carboxylic acids is 2. The zero-order valence-electron chi connectivity index (χ0n) is 14.6. The molecule has 3 rings (SSSR count). The summed E-state index contributed by atoms with van der Waals surface area (Å²) in [4.78, 5) is 29.7. The number of esters is 1. The molecular weight excluding hydrogens is 334 g/mol. The molecule has 0 spiro atoms. The Morgan fingerprint density at radius 2 is 1.96 bits per heavy atom. The number of ketones is 1. The second-order valence-corrected chi connectivity index (χ2v) is 7.37. The number of para-hydroxylation sites is 1. The fraction of sp³-hybridized carbons (Fsp3) is 0.300. The Morgan fingerprint density at radius 1 is 1.20 bits per heavy atom. The van der Waals surface area contributed by atoms with Crippen molar-refractivity contribution in [3.63, 3.8) is 0 Å². The lowest BCUT2D eigenvalue weighted by atomic mass is 10.1. The van der Waals surface area contributed by atoms with Crippen LogP contribution in [-0.2, 0) is 11.2 Å². The van der Waals surface area contributed by atoms with Gasteiger partial charge in [0.2, 0.25) is 5.78 Å². The third-order valence-corrected chi connectivity index (χ3v) is 5.32. The van der Waals surface area contributed by atoms with E-state index in [4.69, 9.17) is 4.74 Å². The van der Waals surface area contributed by atoms with Gasteiger partial charge in [-0.3, -0.25) is 4.79 Å². The summed E-state index contributed by atoms with van der Waals surface area (Å²) >= 11 is 1.43. The quantitative estimate of drug-likeness (QED) is 0.508. The lowest BCUT2D eigenvalue weighted by molar-refractivity contribution is 0.0479. The Bertz CT molecular complexity index is 936. The molecule has 1 N–H and O–H groups in total. The maximum atomic E-state index is 12.6. The van der Waals surface area contributed by atoms with Crippen LogP contribution in [0.4, 0.5) is 0 Å². The number of hydrogen-bond acceptors (Lipinski definition) is 4.